The van der Waals surface area contributed by atoms with Crippen molar-refractivity contribution in [2.75, 3.05) is 5.32 Å². The molecule has 7 heteroatoms. The first-order valence-corrected chi connectivity index (χ1v) is 7.30. The first-order chi connectivity index (χ1) is 8.86. The SMILES string of the molecule is CCc1ccc2c(c1)S(=O)(=O)C(CC(=O)O)C(=O)N2. The summed E-state index contributed by atoms with van der Waals surface area (Å²) in [6, 6.07) is 4.74. The van der Waals surface area contributed by atoms with Gasteiger partial charge in [0, 0.05) is 0 Å². The molecule has 0 saturated carbocycles. The number of rotatable bonds is 3. The number of aliphatic carboxylic acids is 1. The van der Waals surface area contributed by atoms with E-state index in [4.69, 9.17) is 5.11 Å². The number of hydrogen-bond donors (Lipinski definition) is 2. The predicted octanol–water partition coefficient (Wildman–Crippen LogP) is 0.818. The third-order valence-corrected chi connectivity index (χ3v) is 5.13. The smallest absolute Gasteiger partial charge is 0.305 e. The van der Waals surface area contributed by atoms with Gasteiger partial charge in [-0.2, -0.15) is 0 Å². The monoisotopic (exact) mass is 283 g/mol. The quantitative estimate of drug-likeness (QED) is 0.855. The Morgan fingerprint density at radius 1 is 1.42 bits per heavy atom. The normalized spacial score (nSPS) is 20.5. The first-order valence-electron chi connectivity index (χ1n) is 5.75. The summed E-state index contributed by atoms with van der Waals surface area (Å²) < 4.78 is 24.6. The molecule has 0 aromatic heterocycles. The van der Waals surface area contributed by atoms with Gasteiger partial charge in [-0.1, -0.05) is 13.0 Å². The van der Waals surface area contributed by atoms with Crippen LogP contribution in [0.4, 0.5) is 5.69 Å². The van der Waals surface area contributed by atoms with Gasteiger partial charge in [0.05, 0.1) is 17.0 Å². The summed E-state index contributed by atoms with van der Waals surface area (Å²) in [4.78, 5) is 22.4. The van der Waals surface area contributed by atoms with E-state index in [-0.39, 0.29) is 10.6 Å². The lowest BCUT2D eigenvalue weighted by Gasteiger charge is -2.24. The number of anilines is 1. The summed E-state index contributed by atoms with van der Waals surface area (Å²) in [5.74, 6) is -2.11. The second kappa shape index (κ2) is 4.65. The van der Waals surface area contributed by atoms with Gasteiger partial charge in [-0.3, -0.25) is 9.59 Å². The van der Waals surface area contributed by atoms with Gasteiger partial charge in [0.1, 0.15) is 0 Å². The molecule has 0 radical (unpaired) electrons. The Morgan fingerprint density at radius 2 is 2.11 bits per heavy atom. The van der Waals surface area contributed by atoms with Crippen LogP contribution in [0.2, 0.25) is 0 Å². The number of nitrogens with one attached hydrogen (secondary N) is 1. The molecular formula is C12H13NO5S. The van der Waals surface area contributed by atoms with Crippen LogP contribution in [0.3, 0.4) is 0 Å². The lowest BCUT2D eigenvalue weighted by atomic mass is 10.1. The highest BCUT2D eigenvalue weighted by molar-refractivity contribution is 7.93. The Balaban J connectivity index is 2.56. The van der Waals surface area contributed by atoms with E-state index in [0.29, 0.717) is 6.42 Å². The zero-order valence-electron chi connectivity index (χ0n) is 10.2. The topological polar surface area (TPSA) is 101 Å². The van der Waals surface area contributed by atoms with Crippen molar-refractivity contribution in [1.29, 1.82) is 0 Å². The summed E-state index contributed by atoms with van der Waals surface area (Å²) in [5.41, 5.74) is 1.02. The fourth-order valence-corrected chi connectivity index (χ4v) is 3.74. The molecular weight excluding hydrogens is 270 g/mol. The highest BCUT2D eigenvalue weighted by atomic mass is 32.2. The predicted molar refractivity (Wildman–Crippen MR) is 67.7 cm³/mol. The summed E-state index contributed by atoms with van der Waals surface area (Å²) in [5, 5.41) is 9.60. The van der Waals surface area contributed by atoms with Gasteiger partial charge in [0.2, 0.25) is 5.91 Å². The van der Waals surface area contributed by atoms with Crippen molar-refractivity contribution in [2.24, 2.45) is 0 Å². The zero-order chi connectivity index (χ0) is 14.2. The van der Waals surface area contributed by atoms with E-state index in [1.54, 1.807) is 6.07 Å². The fourth-order valence-electron chi connectivity index (χ4n) is 1.99. The van der Waals surface area contributed by atoms with Crippen LogP contribution in [0.1, 0.15) is 18.9 Å². The molecule has 102 valence electrons. The van der Waals surface area contributed by atoms with Crippen LogP contribution >= 0.6 is 0 Å². The number of carbonyl (C=O) groups excluding carboxylic acids is 1. The van der Waals surface area contributed by atoms with Crippen LogP contribution in [0, 0.1) is 0 Å². The standard InChI is InChI=1S/C12H13NO5S/c1-2-7-3-4-8-9(5-7)19(17,18)10(6-11(14)15)12(16)13-8/h3-5,10H,2,6H2,1H3,(H,13,16)(H,14,15). The van der Waals surface area contributed by atoms with Gasteiger partial charge in [-0.15, -0.1) is 0 Å². The van der Waals surface area contributed by atoms with Crippen molar-refractivity contribution in [3.8, 4) is 0 Å². The number of carboxylic acid groups (broad SMARTS) is 1. The molecule has 0 fully saturated rings. The van der Waals surface area contributed by atoms with Gasteiger partial charge in [-0.25, -0.2) is 8.42 Å². The van der Waals surface area contributed by atoms with Crippen LogP contribution in [-0.4, -0.2) is 30.7 Å². The minimum Gasteiger partial charge on any atom is -0.481 e. The molecule has 1 atom stereocenters. The number of sulfone groups is 1. The molecule has 1 aromatic rings. The third kappa shape index (κ3) is 2.33. The molecule has 6 nitrogen and oxygen atoms in total. The number of fused-ring (bicyclic) bond motifs is 1. The average Bonchev–Trinajstić information content (AvgIpc) is 2.34. The highest BCUT2D eigenvalue weighted by Crippen LogP contribution is 2.32. The average molecular weight is 283 g/mol. The van der Waals surface area contributed by atoms with Crippen molar-refractivity contribution < 1.29 is 23.1 Å². The molecule has 0 aliphatic carbocycles. The van der Waals surface area contributed by atoms with E-state index < -0.39 is 33.4 Å². The minimum atomic E-state index is -3.95. The molecule has 0 saturated heterocycles. The lowest BCUT2D eigenvalue weighted by molar-refractivity contribution is -0.138. The second-order valence-corrected chi connectivity index (χ2v) is 6.40. The number of carboxylic acids is 1. The second-order valence-electron chi connectivity index (χ2n) is 4.30. The molecule has 1 amide bonds. The van der Waals surface area contributed by atoms with Gasteiger partial charge < -0.3 is 10.4 Å². The van der Waals surface area contributed by atoms with E-state index in [1.807, 2.05) is 6.92 Å². The van der Waals surface area contributed by atoms with Crippen LogP contribution < -0.4 is 5.32 Å². The summed E-state index contributed by atoms with van der Waals surface area (Å²) in [6.45, 7) is 1.88. The Morgan fingerprint density at radius 3 is 2.68 bits per heavy atom. The number of amides is 1. The van der Waals surface area contributed by atoms with Crippen LogP contribution in [-0.2, 0) is 25.8 Å². The van der Waals surface area contributed by atoms with E-state index >= 15 is 0 Å². The molecule has 1 aliphatic heterocycles. The number of aryl methyl sites for hydroxylation is 1. The lowest BCUT2D eigenvalue weighted by Crippen LogP contribution is -2.41. The van der Waals surface area contributed by atoms with Crippen LogP contribution in [0.25, 0.3) is 0 Å². The Kier molecular flexibility index (Phi) is 3.32. The number of carbonyl (C=O) groups is 2. The largest absolute Gasteiger partial charge is 0.481 e. The molecule has 0 bridgehead atoms. The van der Waals surface area contributed by atoms with Crippen molar-refractivity contribution in [3.05, 3.63) is 23.8 Å². The summed E-state index contributed by atoms with van der Waals surface area (Å²) >= 11 is 0. The van der Waals surface area contributed by atoms with E-state index in [0.717, 1.165) is 5.56 Å². The molecule has 2 N–H and O–H groups in total. The number of benzene rings is 1. The molecule has 1 aromatic carbocycles. The van der Waals surface area contributed by atoms with E-state index in [2.05, 4.69) is 5.32 Å². The maximum Gasteiger partial charge on any atom is 0.305 e. The maximum atomic E-state index is 12.3. The zero-order valence-corrected chi connectivity index (χ0v) is 11.0. The number of hydrogen-bond acceptors (Lipinski definition) is 4. The van der Waals surface area contributed by atoms with Gasteiger partial charge >= 0.3 is 5.97 Å². The Bertz CT molecular complexity index is 650. The highest BCUT2D eigenvalue weighted by Gasteiger charge is 2.41. The van der Waals surface area contributed by atoms with Crippen molar-refractivity contribution >= 4 is 27.4 Å². The van der Waals surface area contributed by atoms with E-state index in [9.17, 15) is 18.0 Å². The van der Waals surface area contributed by atoms with Gasteiger partial charge in [-0.05, 0) is 24.1 Å². The summed E-state index contributed by atoms with van der Waals surface area (Å²) in [7, 11) is -3.95. The van der Waals surface area contributed by atoms with Gasteiger partial charge in [0.15, 0.2) is 15.1 Å². The van der Waals surface area contributed by atoms with Crippen LogP contribution in [0.15, 0.2) is 23.1 Å². The molecule has 1 heterocycles. The minimum absolute atomic E-state index is 0.00213. The molecule has 1 unspecified atom stereocenters. The van der Waals surface area contributed by atoms with Gasteiger partial charge in [0.25, 0.3) is 0 Å². The Hall–Kier alpha value is -1.89. The molecule has 2 rings (SSSR count). The Labute approximate surface area is 110 Å². The first kappa shape index (κ1) is 13.5. The van der Waals surface area contributed by atoms with Crippen molar-refractivity contribution in [1.82, 2.24) is 0 Å². The maximum absolute atomic E-state index is 12.3. The molecule has 19 heavy (non-hydrogen) atoms. The van der Waals surface area contributed by atoms with Crippen molar-refractivity contribution in [3.63, 3.8) is 0 Å². The third-order valence-electron chi connectivity index (χ3n) is 3.05. The van der Waals surface area contributed by atoms with Crippen molar-refractivity contribution in [2.45, 2.75) is 29.9 Å². The molecule has 1 aliphatic rings. The molecule has 0 spiro atoms. The fraction of sp³-hybridized carbons (Fsp3) is 0.333. The summed E-state index contributed by atoms with van der Waals surface area (Å²) in [6.07, 6.45) is -0.0791. The van der Waals surface area contributed by atoms with E-state index in [1.165, 1.54) is 12.1 Å². The van der Waals surface area contributed by atoms with Crippen LogP contribution in [0.5, 0.6) is 0 Å².